The van der Waals surface area contributed by atoms with Crippen molar-refractivity contribution >= 4 is 26.9 Å². The molecule has 6 heteroatoms. The molecule has 0 spiro atoms. The summed E-state index contributed by atoms with van der Waals surface area (Å²) in [5, 5.41) is -0.707. The number of hydrogen-bond donors (Lipinski definition) is 1. The third-order valence-electron chi connectivity index (χ3n) is 2.49. The lowest BCUT2D eigenvalue weighted by Gasteiger charge is -2.18. The zero-order chi connectivity index (χ0) is 13.9. The molecular formula is C12H16ClNO3S. The van der Waals surface area contributed by atoms with Crippen LogP contribution in [0.1, 0.15) is 19.4 Å². The van der Waals surface area contributed by atoms with E-state index >= 15 is 0 Å². The van der Waals surface area contributed by atoms with E-state index < -0.39 is 21.3 Å². The van der Waals surface area contributed by atoms with Gasteiger partial charge in [0.05, 0.1) is 10.9 Å². The van der Waals surface area contributed by atoms with Gasteiger partial charge in [-0.3, -0.25) is 4.79 Å². The van der Waals surface area contributed by atoms with E-state index in [1.807, 2.05) is 0 Å². The average Bonchev–Trinajstić information content (AvgIpc) is 2.25. The smallest absolute Gasteiger partial charge is 0.241 e. The Hall–Kier alpha value is -0.910. The molecule has 0 amide bonds. The summed E-state index contributed by atoms with van der Waals surface area (Å²) in [5.41, 5.74) is 0.830. The number of benzene rings is 1. The Morgan fingerprint density at radius 3 is 2.39 bits per heavy atom. The van der Waals surface area contributed by atoms with Gasteiger partial charge in [0, 0.05) is 0 Å². The first-order valence-electron chi connectivity index (χ1n) is 5.52. The summed E-state index contributed by atoms with van der Waals surface area (Å²) in [5.74, 6) is -0.213. The van der Waals surface area contributed by atoms with Gasteiger partial charge in [-0.1, -0.05) is 26.0 Å². The Morgan fingerprint density at radius 2 is 1.94 bits per heavy atom. The lowest BCUT2D eigenvalue weighted by Crippen LogP contribution is -2.42. The van der Waals surface area contributed by atoms with Crippen LogP contribution in [0.4, 0.5) is 0 Å². The summed E-state index contributed by atoms with van der Waals surface area (Å²) in [4.78, 5) is 11.3. The van der Waals surface area contributed by atoms with Crippen LogP contribution in [0.5, 0.6) is 0 Å². The fourth-order valence-corrected chi connectivity index (χ4v) is 3.28. The summed E-state index contributed by atoms with van der Waals surface area (Å²) >= 11 is 5.40. The summed E-state index contributed by atoms with van der Waals surface area (Å²) in [6.45, 7) is 5.25. The SMILES string of the molecule is Cc1cccc(S(=O)(=O)NC(C(=O)Cl)C(C)C)c1. The minimum Gasteiger partial charge on any atom is -0.279 e. The first kappa shape index (κ1) is 15.1. The molecule has 1 aromatic rings. The van der Waals surface area contributed by atoms with E-state index in [4.69, 9.17) is 11.6 Å². The summed E-state index contributed by atoms with van der Waals surface area (Å²) in [6, 6.07) is 5.55. The third kappa shape index (κ3) is 3.80. The Morgan fingerprint density at radius 1 is 1.33 bits per heavy atom. The van der Waals surface area contributed by atoms with Gasteiger partial charge in [-0.25, -0.2) is 8.42 Å². The van der Waals surface area contributed by atoms with Crippen LogP contribution >= 0.6 is 11.6 Å². The number of sulfonamides is 1. The molecule has 0 fully saturated rings. The predicted octanol–water partition coefficient (Wildman–Crippen LogP) is 2.06. The highest BCUT2D eigenvalue weighted by molar-refractivity contribution is 7.89. The number of nitrogens with one attached hydrogen (secondary N) is 1. The molecule has 4 nitrogen and oxygen atoms in total. The van der Waals surface area contributed by atoms with Crippen molar-refractivity contribution in [2.45, 2.75) is 31.7 Å². The van der Waals surface area contributed by atoms with Crippen LogP contribution in [0, 0.1) is 12.8 Å². The highest BCUT2D eigenvalue weighted by atomic mass is 35.5. The molecule has 1 atom stereocenters. The zero-order valence-corrected chi connectivity index (χ0v) is 12.0. The number of halogens is 1. The number of aryl methyl sites for hydroxylation is 1. The predicted molar refractivity (Wildman–Crippen MR) is 71.0 cm³/mol. The van der Waals surface area contributed by atoms with Gasteiger partial charge in [0.15, 0.2) is 0 Å². The van der Waals surface area contributed by atoms with Crippen LogP contribution in [-0.4, -0.2) is 19.7 Å². The molecule has 0 aliphatic rings. The second-order valence-corrected chi connectivity index (χ2v) is 6.55. The summed E-state index contributed by atoms with van der Waals surface area (Å²) in [7, 11) is -3.73. The maximum absolute atomic E-state index is 12.1. The summed E-state index contributed by atoms with van der Waals surface area (Å²) in [6.07, 6.45) is 0. The quantitative estimate of drug-likeness (QED) is 0.844. The third-order valence-corrected chi connectivity index (χ3v) is 4.17. The van der Waals surface area contributed by atoms with Crippen molar-refractivity contribution in [1.29, 1.82) is 0 Å². The molecule has 0 bridgehead atoms. The minimum absolute atomic E-state index is 0.131. The molecule has 0 heterocycles. The molecule has 0 radical (unpaired) electrons. The molecule has 1 N–H and O–H groups in total. The molecule has 0 saturated heterocycles. The van der Waals surface area contributed by atoms with Crippen LogP contribution in [-0.2, 0) is 14.8 Å². The molecule has 0 aliphatic heterocycles. The Bertz CT molecular complexity index is 540. The fourth-order valence-electron chi connectivity index (χ4n) is 1.46. The van der Waals surface area contributed by atoms with E-state index in [2.05, 4.69) is 4.72 Å². The van der Waals surface area contributed by atoms with Crippen molar-refractivity contribution in [3.8, 4) is 0 Å². The minimum atomic E-state index is -3.73. The van der Waals surface area contributed by atoms with Gasteiger partial charge in [0.2, 0.25) is 15.3 Å². The highest BCUT2D eigenvalue weighted by Crippen LogP contribution is 2.14. The lowest BCUT2D eigenvalue weighted by atomic mass is 10.1. The van der Waals surface area contributed by atoms with E-state index in [-0.39, 0.29) is 10.8 Å². The van der Waals surface area contributed by atoms with Crippen molar-refractivity contribution in [2.75, 3.05) is 0 Å². The molecule has 0 saturated carbocycles. The van der Waals surface area contributed by atoms with Crippen molar-refractivity contribution in [3.63, 3.8) is 0 Å². The Balaban J connectivity index is 3.05. The number of carbonyl (C=O) groups excluding carboxylic acids is 1. The molecule has 1 aromatic carbocycles. The van der Waals surface area contributed by atoms with Gasteiger partial charge in [0.25, 0.3) is 0 Å². The zero-order valence-electron chi connectivity index (χ0n) is 10.5. The van der Waals surface area contributed by atoms with E-state index in [9.17, 15) is 13.2 Å². The molecule has 18 heavy (non-hydrogen) atoms. The van der Waals surface area contributed by atoms with Crippen LogP contribution in [0.3, 0.4) is 0 Å². The topological polar surface area (TPSA) is 63.2 Å². The largest absolute Gasteiger partial charge is 0.279 e. The van der Waals surface area contributed by atoms with Gasteiger partial charge >= 0.3 is 0 Å². The Labute approximate surface area is 112 Å². The van der Waals surface area contributed by atoms with E-state index in [0.29, 0.717) is 0 Å². The molecule has 1 unspecified atom stereocenters. The first-order valence-corrected chi connectivity index (χ1v) is 7.38. The van der Waals surface area contributed by atoms with Gasteiger partial charge < -0.3 is 0 Å². The maximum Gasteiger partial charge on any atom is 0.241 e. The van der Waals surface area contributed by atoms with Crippen LogP contribution in [0.25, 0.3) is 0 Å². The van der Waals surface area contributed by atoms with Gasteiger partial charge in [-0.2, -0.15) is 4.72 Å². The molecule has 0 aliphatic carbocycles. The van der Waals surface area contributed by atoms with Crippen molar-refractivity contribution < 1.29 is 13.2 Å². The Kier molecular flexibility index (Phi) is 4.90. The average molecular weight is 290 g/mol. The van der Waals surface area contributed by atoms with Crippen LogP contribution in [0.2, 0.25) is 0 Å². The normalized spacial score (nSPS) is 13.6. The second-order valence-electron chi connectivity index (χ2n) is 4.46. The van der Waals surface area contributed by atoms with Crippen LogP contribution in [0.15, 0.2) is 29.2 Å². The standard InChI is InChI=1S/C12H16ClNO3S/c1-8(2)11(12(13)15)14-18(16,17)10-6-4-5-9(3)7-10/h4-8,11,14H,1-3H3. The van der Waals surface area contributed by atoms with E-state index in [0.717, 1.165) is 5.56 Å². The molecule has 100 valence electrons. The molecular weight excluding hydrogens is 274 g/mol. The fraction of sp³-hybridized carbons (Fsp3) is 0.417. The van der Waals surface area contributed by atoms with E-state index in [1.165, 1.54) is 6.07 Å². The molecule has 1 rings (SSSR count). The van der Waals surface area contributed by atoms with Gasteiger partial charge in [0.1, 0.15) is 0 Å². The number of carbonyl (C=O) groups is 1. The second kappa shape index (κ2) is 5.82. The number of hydrogen-bond acceptors (Lipinski definition) is 3. The number of rotatable bonds is 5. The van der Waals surface area contributed by atoms with Crippen LogP contribution < -0.4 is 4.72 Å². The highest BCUT2D eigenvalue weighted by Gasteiger charge is 2.27. The van der Waals surface area contributed by atoms with Crippen molar-refractivity contribution in [3.05, 3.63) is 29.8 Å². The van der Waals surface area contributed by atoms with Crippen molar-refractivity contribution in [1.82, 2.24) is 4.72 Å². The first-order chi connectivity index (χ1) is 8.24. The summed E-state index contributed by atoms with van der Waals surface area (Å²) < 4.78 is 26.5. The molecule has 0 aromatic heterocycles. The van der Waals surface area contributed by atoms with E-state index in [1.54, 1.807) is 39.0 Å². The lowest BCUT2D eigenvalue weighted by molar-refractivity contribution is -0.113. The van der Waals surface area contributed by atoms with Crippen molar-refractivity contribution in [2.24, 2.45) is 5.92 Å². The maximum atomic E-state index is 12.1. The monoisotopic (exact) mass is 289 g/mol. The van der Waals surface area contributed by atoms with Gasteiger partial charge in [-0.15, -0.1) is 0 Å². The van der Waals surface area contributed by atoms with Gasteiger partial charge in [-0.05, 0) is 42.1 Å².